The quantitative estimate of drug-likeness (QED) is 0.761. The van der Waals surface area contributed by atoms with Crippen molar-refractivity contribution in [3.63, 3.8) is 0 Å². The summed E-state index contributed by atoms with van der Waals surface area (Å²) < 4.78 is 5.25. The highest BCUT2D eigenvalue weighted by molar-refractivity contribution is 5.48. The predicted molar refractivity (Wildman–Crippen MR) is 56.4 cm³/mol. The number of nitrogens with zero attached hydrogens (tertiary/aromatic N) is 3. The largest absolute Gasteiger partial charge is 0.491 e. The Morgan fingerprint density at radius 3 is 2.53 bits per heavy atom. The molecule has 0 unspecified atom stereocenters. The van der Waals surface area contributed by atoms with Crippen LogP contribution in [0.4, 0.5) is 0 Å². The van der Waals surface area contributed by atoms with Gasteiger partial charge >= 0.3 is 0 Å². The molecule has 0 amide bonds. The van der Waals surface area contributed by atoms with Gasteiger partial charge in [0.05, 0.1) is 19.0 Å². The zero-order chi connectivity index (χ0) is 10.5. The van der Waals surface area contributed by atoms with E-state index in [1.165, 1.54) is 0 Å². The molecule has 0 aliphatic rings. The highest BCUT2D eigenvalue weighted by Crippen LogP contribution is 2.13. The highest BCUT2D eigenvalue weighted by atomic mass is 16.5. The molecular formula is C11H11N3O. The van der Waals surface area contributed by atoms with Crippen LogP contribution >= 0.6 is 0 Å². The van der Waals surface area contributed by atoms with Crippen molar-refractivity contribution >= 4 is 0 Å². The summed E-state index contributed by atoms with van der Waals surface area (Å²) >= 11 is 0. The SMILES string of the molecule is CCOc1cnc(-c2ccccn2)nc1. The lowest BCUT2D eigenvalue weighted by Gasteiger charge is -2.02. The zero-order valence-electron chi connectivity index (χ0n) is 8.42. The Bertz CT molecular complexity index is 414. The van der Waals surface area contributed by atoms with Gasteiger partial charge in [-0.25, -0.2) is 9.97 Å². The minimum atomic E-state index is 0.610. The molecule has 0 N–H and O–H groups in total. The van der Waals surface area contributed by atoms with Crippen molar-refractivity contribution in [3.05, 3.63) is 36.8 Å². The second kappa shape index (κ2) is 4.50. The van der Waals surface area contributed by atoms with Gasteiger partial charge in [-0.3, -0.25) is 4.98 Å². The lowest BCUT2D eigenvalue weighted by atomic mass is 10.3. The van der Waals surface area contributed by atoms with Crippen LogP contribution in [0.3, 0.4) is 0 Å². The van der Waals surface area contributed by atoms with Gasteiger partial charge in [-0.05, 0) is 19.1 Å². The smallest absolute Gasteiger partial charge is 0.178 e. The zero-order valence-corrected chi connectivity index (χ0v) is 8.42. The molecule has 4 heteroatoms. The number of ether oxygens (including phenoxy) is 1. The van der Waals surface area contributed by atoms with Crippen LogP contribution in [0.15, 0.2) is 36.8 Å². The maximum atomic E-state index is 5.25. The van der Waals surface area contributed by atoms with Crippen LogP contribution in [0.2, 0.25) is 0 Å². The van der Waals surface area contributed by atoms with Crippen molar-refractivity contribution in [2.75, 3.05) is 6.61 Å². The topological polar surface area (TPSA) is 47.9 Å². The number of aromatic nitrogens is 3. The summed E-state index contributed by atoms with van der Waals surface area (Å²) in [5.74, 6) is 1.29. The molecule has 15 heavy (non-hydrogen) atoms. The molecule has 0 saturated heterocycles. The third-order valence-corrected chi connectivity index (χ3v) is 1.83. The lowest BCUT2D eigenvalue weighted by Crippen LogP contribution is -1.95. The molecule has 76 valence electrons. The fraction of sp³-hybridized carbons (Fsp3) is 0.182. The first-order chi connectivity index (χ1) is 7.40. The first-order valence-electron chi connectivity index (χ1n) is 4.76. The molecule has 0 aliphatic carbocycles. The van der Waals surface area contributed by atoms with E-state index >= 15 is 0 Å². The van der Waals surface area contributed by atoms with Gasteiger partial charge in [-0.2, -0.15) is 0 Å². The number of pyridine rings is 1. The summed E-state index contributed by atoms with van der Waals surface area (Å²) in [5, 5.41) is 0. The van der Waals surface area contributed by atoms with Crippen molar-refractivity contribution in [3.8, 4) is 17.3 Å². The van der Waals surface area contributed by atoms with E-state index in [1.807, 2.05) is 25.1 Å². The molecule has 2 heterocycles. The minimum Gasteiger partial charge on any atom is -0.491 e. The van der Waals surface area contributed by atoms with E-state index < -0.39 is 0 Å². The second-order valence-electron chi connectivity index (χ2n) is 2.89. The van der Waals surface area contributed by atoms with Crippen LogP contribution in [0.1, 0.15) is 6.92 Å². The number of rotatable bonds is 3. The van der Waals surface area contributed by atoms with Crippen LogP contribution in [-0.2, 0) is 0 Å². The van der Waals surface area contributed by atoms with Gasteiger partial charge in [-0.1, -0.05) is 6.07 Å². The molecule has 4 nitrogen and oxygen atoms in total. The van der Waals surface area contributed by atoms with Gasteiger partial charge in [0, 0.05) is 6.20 Å². The van der Waals surface area contributed by atoms with E-state index in [9.17, 15) is 0 Å². The molecule has 2 aromatic rings. The van der Waals surface area contributed by atoms with Crippen LogP contribution in [-0.4, -0.2) is 21.6 Å². The van der Waals surface area contributed by atoms with Gasteiger partial charge in [0.25, 0.3) is 0 Å². The summed E-state index contributed by atoms with van der Waals surface area (Å²) in [5.41, 5.74) is 0.764. The van der Waals surface area contributed by atoms with Gasteiger partial charge in [0.15, 0.2) is 11.6 Å². The molecule has 0 bridgehead atoms. The van der Waals surface area contributed by atoms with Crippen molar-refractivity contribution < 1.29 is 4.74 Å². The van der Waals surface area contributed by atoms with Crippen molar-refractivity contribution in [2.45, 2.75) is 6.92 Å². The fourth-order valence-corrected chi connectivity index (χ4v) is 1.18. The van der Waals surface area contributed by atoms with Crippen molar-refractivity contribution in [1.29, 1.82) is 0 Å². The Balaban J connectivity index is 2.24. The lowest BCUT2D eigenvalue weighted by molar-refractivity contribution is 0.337. The third kappa shape index (κ3) is 2.28. The molecule has 0 aliphatic heterocycles. The average molecular weight is 201 g/mol. The molecule has 0 radical (unpaired) electrons. The van der Waals surface area contributed by atoms with Crippen LogP contribution in [0.5, 0.6) is 5.75 Å². The summed E-state index contributed by atoms with van der Waals surface area (Å²) in [6.45, 7) is 2.54. The van der Waals surface area contributed by atoms with Gasteiger partial charge in [-0.15, -0.1) is 0 Å². The Hall–Kier alpha value is -1.97. The Morgan fingerprint density at radius 2 is 1.93 bits per heavy atom. The van der Waals surface area contributed by atoms with E-state index in [0.29, 0.717) is 18.2 Å². The van der Waals surface area contributed by atoms with Gasteiger partial charge < -0.3 is 4.74 Å². The predicted octanol–water partition coefficient (Wildman–Crippen LogP) is 1.94. The summed E-state index contributed by atoms with van der Waals surface area (Å²) in [4.78, 5) is 12.5. The maximum absolute atomic E-state index is 5.25. The van der Waals surface area contributed by atoms with Gasteiger partial charge in [0.1, 0.15) is 5.69 Å². The summed E-state index contributed by atoms with van der Waals surface area (Å²) in [6, 6.07) is 5.63. The summed E-state index contributed by atoms with van der Waals surface area (Å²) in [6.07, 6.45) is 5.02. The van der Waals surface area contributed by atoms with Gasteiger partial charge in [0.2, 0.25) is 0 Å². The standard InChI is InChI=1S/C11H11N3O/c1-2-15-9-7-13-11(14-8-9)10-5-3-4-6-12-10/h3-8H,2H2,1H3. The number of hydrogen-bond acceptors (Lipinski definition) is 4. The third-order valence-electron chi connectivity index (χ3n) is 1.83. The average Bonchev–Trinajstić information content (AvgIpc) is 2.32. The first kappa shape index (κ1) is 9.58. The molecule has 0 fully saturated rings. The van der Waals surface area contributed by atoms with E-state index in [2.05, 4.69) is 15.0 Å². The molecule has 0 saturated carbocycles. The maximum Gasteiger partial charge on any atom is 0.178 e. The Labute approximate surface area is 88.0 Å². The fourth-order valence-electron chi connectivity index (χ4n) is 1.18. The van der Waals surface area contributed by atoms with Crippen molar-refractivity contribution in [2.24, 2.45) is 0 Å². The van der Waals surface area contributed by atoms with Crippen LogP contribution < -0.4 is 4.74 Å². The van der Waals surface area contributed by atoms with Crippen LogP contribution in [0, 0.1) is 0 Å². The molecule has 0 spiro atoms. The van der Waals surface area contributed by atoms with Crippen molar-refractivity contribution in [1.82, 2.24) is 15.0 Å². The Kier molecular flexibility index (Phi) is 2.88. The molecule has 0 aromatic carbocycles. The molecule has 0 atom stereocenters. The normalized spacial score (nSPS) is 9.93. The minimum absolute atomic E-state index is 0.610. The second-order valence-corrected chi connectivity index (χ2v) is 2.89. The van der Waals surface area contributed by atoms with E-state index in [-0.39, 0.29) is 0 Å². The van der Waals surface area contributed by atoms with E-state index in [1.54, 1.807) is 18.6 Å². The molecule has 2 rings (SSSR count). The highest BCUT2D eigenvalue weighted by Gasteiger charge is 2.01. The van der Waals surface area contributed by atoms with E-state index in [0.717, 1.165) is 5.69 Å². The van der Waals surface area contributed by atoms with E-state index in [4.69, 9.17) is 4.74 Å². The van der Waals surface area contributed by atoms with Crippen LogP contribution in [0.25, 0.3) is 11.5 Å². The Morgan fingerprint density at radius 1 is 1.13 bits per heavy atom. The molecular weight excluding hydrogens is 190 g/mol. The molecule has 2 aromatic heterocycles. The summed E-state index contributed by atoms with van der Waals surface area (Å²) in [7, 11) is 0. The first-order valence-corrected chi connectivity index (χ1v) is 4.76. The monoisotopic (exact) mass is 201 g/mol. The number of hydrogen-bond donors (Lipinski definition) is 0.